The van der Waals surface area contributed by atoms with E-state index in [4.69, 9.17) is 9.15 Å². The van der Waals surface area contributed by atoms with Crippen molar-refractivity contribution in [1.29, 1.82) is 0 Å². The lowest BCUT2D eigenvalue weighted by Gasteiger charge is -2.26. The number of furan rings is 1. The molecule has 98 valence electrons. The first-order valence-electron chi connectivity index (χ1n) is 5.71. The number of anilines is 1. The fourth-order valence-electron chi connectivity index (χ4n) is 2.18. The van der Waals surface area contributed by atoms with E-state index in [-0.39, 0.29) is 0 Å². The number of ether oxygens (including phenoxy) is 1. The van der Waals surface area contributed by atoms with E-state index in [2.05, 4.69) is 15.4 Å². The summed E-state index contributed by atoms with van der Waals surface area (Å²) in [6.07, 6.45) is 2.98. The smallest absolute Gasteiger partial charge is 0.338 e. The molecule has 2 aromatic heterocycles. The first-order chi connectivity index (χ1) is 9.22. The molecule has 1 N–H and O–H groups in total. The first-order valence-corrected chi connectivity index (χ1v) is 5.71. The fraction of sp³-hybridized carbons (Fsp3) is 0.250. The lowest BCUT2D eigenvalue weighted by molar-refractivity contribution is -0.136. The molecular formula is C12H12N4O3. The Morgan fingerprint density at radius 2 is 2.42 bits per heavy atom. The number of carbonyl (C=O) groups excluding carboxylic acids is 1. The number of hydrogen-bond donors (Lipinski definition) is 1. The second kappa shape index (κ2) is 4.27. The summed E-state index contributed by atoms with van der Waals surface area (Å²) in [5.74, 6) is 0.743. The Balaban J connectivity index is 2.18. The molecule has 0 unspecified atom stereocenters. The van der Waals surface area contributed by atoms with Crippen LogP contribution in [0.25, 0.3) is 0 Å². The topological polar surface area (TPSA) is 82.2 Å². The molecule has 0 amide bonds. The van der Waals surface area contributed by atoms with Crippen LogP contribution in [0.4, 0.5) is 5.95 Å². The minimum absolute atomic E-state index is 0.424. The van der Waals surface area contributed by atoms with Crippen LogP contribution in [0.2, 0.25) is 0 Å². The van der Waals surface area contributed by atoms with Gasteiger partial charge in [0.25, 0.3) is 0 Å². The van der Waals surface area contributed by atoms with Crippen LogP contribution in [0.1, 0.15) is 18.7 Å². The fourth-order valence-corrected chi connectivity index (χ4v) is 2.18. The maximum absolute atomic E-state index is 12.0. The summed E-state index contributed by atoms with van der Waals surface area (Å²) in [4.78, 5) is 16.1. The van der Waals surface area contributed by atoms with Gasteiger partial charge in [-0.2, -0.15) is 10.1 Å². The molecule has 1 aliphatic heterocycles. The van der Waals surface area contributed by atoms with E-state index in [0.717, 1.165) is 0 Å². The van der Waals surface area contributed by atoms with E-state index in [1.165, 1.54) is 13.4 Å². The summed E-state index contributed by atoms with van der Waals surface area (Å²) in [5, 5.41) is 7.16. The molecular weight excluding hydrogens is 248 g/mol. The van der Waals surface area contributed by atoms with Gasteiger partial charge in [-0.1, -0.05) is 0 Å². The van der Waals surface area contributed by atoms with Crippen molar-refractivity contribution in [3.8, 4) is 0 Å². The number of methoxy groups -OCH3 is 1. The minimum Gasteiger partial charge on any atom is -0.467 e. The van der Waals surface area contributed by atoms with Gasteiger partial charge in [-0.25, -0.2) is 9.48 Å². The van der Waals surface area contributed by atoms with E-state index >= 15 is 0 Å². The zero-order chi connectivity index (χ0) is 13.4. The number of fused-ring (bicyclic) bond motifs is 1. The van der Waals surface area contributed by atoms with Crippen molar-refractivity contribution in [3.05, 3.63) is 41.8 Å². The van der Waals surface area contributed by atoms with Crippen molar-refractivity contribution in [2.75, 3.05) is 12.4 Å². The van der Waals surface area contributed by atoms with Gasteiger partial charge >= 0.3 is 5.97 Å². The van der Waals surface area contributed by atoms with E-state index in [1.54, 1.807) is 30.0 Å². The number of aromatic nitrogens is 3. The van der Waals surface area contributed by atoms with Crippen LogP contribution in [-0.2, 0) is 9.53 Å². The summed E-state index contributed by atoms with van der Waals surface area (Å²) in [5.41, 5.74) is 1.13. The lowest BCUT2D eigenvalue weighted by Crippen LogP contribution is -2.29. The van der Waals surface area contributed by atoms with Crippen LogP contribution in [0.3, 0.4) is 0 Å². The quantitative estimate of drug-likeness (QED) is 0.820. The molecule has 0 spiro atoms. The monoisotopic (exact) mass is 260 g/mol. The van der Waals surface area contributed by atoms with E-state index in [0.29, 0.717) is 23.0 Å². The predicted octanol–water partition coefficient (Wildman–Crippen LogP) is 1.33. The molecule has 0 aromatic carbocycles. The van der Waals surface area contributed by atoms with Crippen LogP contribution in [0.5, 0.6) is 0 Å². The Bertz CT molecular complexity index is 642. The molecule has 0 saturated heterocycles. The minimum atomic E-state index is -0.471. The summed E-state index contributed by atoms with van der Waals surface area (Å²) in [7, 11) is 1.35. The van der Waals surface area contributed by atoms with E-state index in [1.807, 2.05) is 0 Å². The lowest BCUT2D eigenvalue weighted by atomic mass is 10.0. The van der Waals surface area contributed by atoms with Crippen LogP contribution in [0.15, 0.2) is 40.4 Å². The Morgan fingerprint density at radius 1 is 1.58 bits per heavy atom. The van der Waals surface area contributed by atoms with Crippen molar-refractivity contribution >= 4 is 11.9 Å². The third-order valence-electron chi connectivity index (χ3n) is 3.01. The molecule has 1 atom stereocenters. The van der Waals surface area contributed by atoms with E-state index in [9.17, 15) is 4.79 Å². The van der Waals surface area contributed by atoms with Crippen LogP contribution < -0.4 is 5.32 Å². The molecule has 7 nitrogen and oxygen atoms in total. The van der Waals surface area contributed by atoms with Gasteiger partial charge in [-0.05, 0) is 19.1 Å². The zero-order valence-electron chi connectivity index (χ0n) is 10.5. The number of esters is 1. The number of nitrogens with one attached hydrogen (secondary N) is 1. The Labute approximate surface area is 108 Å². The summed E-state index contributed by atoms with van der Waals surface area (Å²) in [6, 6.07) is 3.08. The van der Waals surface area contributed by atoms with Crippen molar-refractivity contribution < 1.29 is 13.9 Å². The molecule has 19 heavy (non-hydrogen) atoms. The van der Waals surface area contributed by atoms with Gasteiger partial charge in [-0.15, -0.1) is 0 Å². The average molecular weight is 260 g/mol. The van der Waals surface area contributed by atoms with Gasteiger partial charge in [-0.3, -0.25) is 0 Å². The molecule has 2 aromatic rings. The molecule has 7 heteroatoms. The molecule has 3 heterocycles. The SMILES string of the molecule is COC(=O)C1=C(C)Nc2ncnn2[C@H]1c1ccco1. The number of nitrogens with zero attached hydrogens (tertiary/aromatic N) is 3. The molecule has 1 aliphatic rings. The van der Waals surface area contributed by atoms with Crippen molar-refractivity contribution in [2.24, 2.45) is 0 Å². The Morgan fingerprint density at radius 3 is 3.11 bits per heavy atom. The van der Waals surface area contributed by atoms with Crippen LogP contribution >= 0.6 is 0 Å². The first kappa shape index (κ1) is 11.5. The van der Waals surface area contributed by atoms with Crippen molar-refractivity contribution in [3.63, 3.8) is 0 Å². The summed E-state index contributed by atoms with van der Waals surface area (Å²) < 4.78 is 11.8. The zero-order valence-corrected chi connectivity index (χ0v) is 10.5. The molecule has 0 bridgehead atoms. The van der Waals surface area contributed by atoms with Gasteiger partial charge in [0, 0.05) is 5.70 Å². The second-order valence-electron chi connectivity index (χ2n) is 4.10. The second-order valence-corrected chi connectivity index (χ2v) is 4.10. The summed E-state index contributed by atoms with van der Waals surface area (Å²) >= 11 is 0. The van der Waals surface area contributed by atoms with Crippen molar-refractivity contribution in [2.45, 2.75) is 13.0 Å². The van der Waals surface area contributed by atoms with Gasteiger partial charge in [0.2, 0.25) is 5.95 Å². The number of carbonyl (C=O) groups is 1. The van der Waals surface area contributed by atoms with Crippen LogP contribution in [0, 0.1) is 0 Å². The summed E-state index contributed by atoms with van der Waals surface area (Å²) in [6.45, 7) is 1.79. The molecule has 3 rings (SSSR count). The maximum Gasteiger partial charge on any atom is 0.338 e. The van der Waals surface area contributed by atoms with Crippen molar-refractivity contribution in [1.82, 2.24) is 14.8 Å². The standard InChI is InChI=1S/C12H12N4O3/c1-7-9(11(17)18-2)10(8-4-3-5-19-8)16-12(15-7)13-6-14-16/h3-6,10H,1-2H3,(H,13,14,15)/t10-/m0/s1. The number of rotatable bonds is 2. The third-order valence-corrected chi connectivity index (χ3v) is 3.01. The van der Waals surface area contributed by atoms with Gasteiger partial charge in [0.1, 0.15) is 18.1 Å². The average Bonchev–Trinajstić information content (AvgIpc) is 3.06. The normalized spacial score (nSPS) is 17.9. The molecule has 0 radical (unpaired) electrons. The molecule has 0 fully saturated rings. The number of hydrogen-bond acceptors (Lipinski definition) is 6. The van der Waals surface area contributed by atoms with Gasteiger partial charge in [0.15, 0.2) is 0 Å². The molecule has 0 aliphatic carbocycles. The van der Waals surface area contributed by atoms with Crippen LogP contribution in [-0.4, -0.2) is 27.8 Å². The van der Waals surface area contributed by atoms with Gasteiger partial charge < -0.3 is 14.5 Å². The van der Waals surface area contributed by atoms with E-state index < -0.39 is 12.0 Å². The Hall–Kier alpha value is -2.57. The highest BCUT2D eigenvalue weighted by Gasteiger charge is 2.35. The molecule has 0 saturated carbocycles. The highest BCUT2D eigenvalue weighted by atomic mass is 16.5. The third kappa shape index (κ3) is 1.70. The highest BCUT2D eigenvalue weighted by molar-refractivity contribution is 5.92. The highest BCUT2D eigenvalue weighted by Crippen LogP contribution is 2.34. The predicted molar refractivity (Wildman–Crippen MR) is 65.2 cm³/mol. The number of allylic oxidation sites excluding steroid dienone is 1. The Kier molecular flexibility index (Phi) is 2.59. The van der Waals surface area contributed by atoms with Gasteiger partial charge in [0.05, 0.1) is 18.9 Å². The largest absolute Gasteiger partial charge is 0.467 e. The maximum atomic E-state index is 12.0.